The zero-order chi connectivity index (χ0) is 18.8. The van der Waals surface area contributed by atoms with E-state index in [4.69, 9.17) is 0 Å². The van der Waals surface area contributed by atoms with Gasteiger partial charge in [-0.2, -0.15) is 5.10 Å². The van der Waals surface area contributed by atoms with Crippen molar-refractivity contribution in [2.45, 2.75) is 32.4 Å². The summed E-state index contributed by atoms with van der Waals surface area (Å²) < 4.78 is 1.68. The van der Waals surface area contributed by atoms with Crippen LogP contribution in [-0.4, -0.2) is 42.1 Å². The number of aromatic nitrogens is 5. The van der Waals surface area contributed by atoms with Crippen molar-refractivity contribution < 1.29 is 4.79 Å². The van der Waals surface area contributed by atoms with Crippen molar-refractivity contribution in [3.8, 4) is 11.5 Å². The van der Waals surface area contributed by atoms with Crippen molar-refractivity contribution in [2.75, 3.05) is 6.54 Å². The van der Waals surface area contributed by atoms with Crippen LogP contribution in [0.15, 0.2) is 47.7 Å². The fraction of sp³-hybridized carbons (Fsp3) is 0.316. The maximum atomic E-state index is 13.0. The lowest BCUT2D eigenvalue weighted by Crippen LogP contribution is -2.42. The van der Waals surface area contributed by atoms with Gasteiger partial charge in [0.05, 0.1) is 12.2 Å². The average molecular weight is 364 g/mol. The zero-order valence-corrected chi connectivity index (χ0v) is 15.0. The van der Waals surface area contributed by atoms with E-state index >= 15 is 0 Å². The van der Waals surface area contributed by atoms with Gasteiger partial charge in [-0.15, -0.1) is 0 Å². The van der Waals surface area contributed by atoms with Crippen LogP contribution in [0.25, 0.3) is 11.5 Å². The molecule has 3 aromatic rings. The van der Waals surface area contributed by atoms with Crippen LogP contribution in [0.1, 0.15) is 30.6 Å². The maximum Gasteiger partial charge on any atom is 0.254 e. The number of rotatable bonds is 4. The lowest BCUT2D eigenvalue weighted by atomic mass is 10.0. The van der Waals surface area contributed by atoms with E-state index in [0.29, 0.717) is 48.7 Å². The van der Waals surface area contributed by atoms with Crippen molar-refractivity contribution in [3.63, 3.8) is 0 Å². The van der Waals surface area contributed by atoms with Crippen LogP contribution in [0.5, 0.6) is 0 Å². The number of nitrogens with one attached hydrogen (secondary N) is 1. The highest BCUT2D eigenvalue weighted by Crippen LogP contribution is 2.21. The molecule has 8 heteroatoms. The van der Waals surface area contributed by atoms with Gasteiger partial charge in [-0.05, 0) is 31.0 Å². The highest BCUT2D eigenvalue weighted by atomic mass is 16.2. The summed E-state index contributed by atoms with van der Waals surface area (Å²) in [6.45, 7) is 2.78. The molecular formula is C19H20N6O2. The normalized spacial score (nSPS) is 14.6. The Balaban J connectivity index is 1.63. The predicted octanol–water partition coefficient (Wildman–Crippen LogP) is 1.56. The van der Waals surface area contributed by atoms with Crippen LogP contribution < -0.4 is 5.56 Å². The first-order valence-electron chi connectivity index (χ1n) is 8.98. The molecular weight excluding hydrogens is 344 g/mol. The van der Waals surface area contributed by atoms with Crippen LogP contribution in [0.4, 0.5) is 0 Å². The van der Waals surface area contributed by atoms with Gasteiger partial charge >= 0.3 is 0 Å². The van der Waals surface area contributed by atoms with Gasteiger partial charge in [-0.25, -0.2) is 4.98 Å². The summed E-state index contributed by atoms with van der Waals surface area (Å²) in [7, 11) is 0. The summed E-state index contributed by atoms with van der Waals surface area (Å²) in [6, 6.07) is 6.90. The number of H-pyrrole nitrogens is 1. The van der Waals surface area contributed by atoms with Gasteiger partial charge < -0.3 is 9.88 Å². The van der Waals surface area contributed by atoms with Crippen LogP contribution in [-0.2, 0) is 17.8 Å². The third-order valence-corrected chi connectivity index (χ3v) is 4.81. The van der Waals surface area contributed by atoms with E-state index in [1.807, 2.05) is 19.1 Å². The Bertz CT molecular complexity index is 997. The minimum atomic E-state index is -0.348. The van der Waals surface area contributed by atoms with Gasteiger partial charge in [0.2, 0.25) is 5.91 Å². The topological polar surface area (TPSA) is 96.8 Å². The molecule has 8 nitrogen and oxygen atoms in total. The van der Waals surface area contributed by atoms with E-state index in [9.17, 15) is 9.59 Å². The lowest BCUT2D eigenvalue weighted by Gasteiger charge is -2.30. The molecule has 1 amide bonds. The van der Waals surface area contributed by atoms with Gasteiger partial charge in [0.25, 0.3) is 5.56 Å². The first kappa shape index (κ1) is 17.1. The fourth-order valence-corrected chi connectivity index (χ4v) is 3.40. The van der Waals surface area contributed by atoms with Gasteiger partial charge in [0, 0.05) is 30.7 Å². The largest absolute Gasteiger partial charge is 0.335 e. The molecule has 0 radical (unpaired) electrons. The summed E-state index contributed by atoms with van der Waals surface area (Å²) in [5, 5.41) is 4.21. The van der Waals surface area contributed by atoms with Crippen molar-refractivity contribution in [1.82, 2.24) is 29.6 Å². The monoisotopic (exact) mass is 364 g/mol. The molecule has 3 aromatic heterocycles. The molecule has 1 aliphatic heterocycles. The van der Waals surface area contributed by atoms with E-state index in [-0.39, 0.29) is 17.5 Å². The Morgan fingerprint density at radius 2 is 2.19 bits per heavy atom. The third-order valence-electron chi connectivity index (χ3n) is 4.81. The summed E-state index contributed by atoms with van der Waals surface area (Å²) >= 11 is 0. The molecule has 0 fully saturated rings. The van der Waals surface area contributed by atoms with Gasteiger partial charge in [-0.3, -0.25) is 19.3 Å². The number of pyridine rings is 1. The smallest absolute Gasteiger partial charge is 0.254 e. The average Bonchev–Trinajstić information content (AvgIpc) is 3.23. The van der Waals surface area contributed by atoms with Crippen molar-refractivity contribution >= 4 is 5.91 Å². The van der Waals surface area contributed by atoms with E-state index in [2.05, 4.69) is 20.1 Å². The molecule has 0 saturated carbocycles. The van der Waals surface area contributed by atoms with Crippen molar-refractivity contribution in [3.05, 3.63) is 64.5 Å². The first-order chi connectivity index (χ1) is 13.2. The second kappa shape index (κ2) is 7.14. The molecule has 4 rings (SSSR count). The van der Waals surface area contributed by atoms with E-state index in [0.717, 1.165) is 0 Å². The minimum absolute atomic E-state index is 0.00619. The Morgan fingerprint density at radius 3 is 2.89 bits per heavy atom. The van der Waals surface area contributed by atoms with Gasteiger partial charge in [0.15, 0.2) is 5.82 Å². The third kappa shape index (κ3) is 3.25. The van der Waals surface area contributed by atoms with Crippen molar-refractivity contribution in [2.24, 2.45) is 0 Å². The molecule has 1 N–H and O–H groups in total. The molecule has 0 spiro atoms. The molecule has 1 aliphatic rings. The molecule has 4 heterocycles. The van der Waals surface area contributed by atoms with Gasteiger partial charge in [0.1, 0.15) is 11.7 Å². The molecule has 0 bridgehead atoms. The van der Waals surface area contributed by atoms with E-state index in [1.54, 1.807) is 40.3 Å². The maximum absolute atomic E-state index is 13.0. The molecule has 0 aromatic carbocycles. The molecule has 27 heavy (non-hydrogen) atoms. The number of amides is 1. The number of nitrogens with zero attached hydrogens (tertiary/aromatic N) is 5. The van der Waals surface area contributed by atoms with Crippen molar-refractivity contribution in [1.29, 1.82) is 0 Å². The molecule has 138 valence electrons. The standard InChI is InChI=1S/C19H20N6O2/c1-2-16(25-10-5-9-21-25)19(27)24-11-7-13-15(12-24)22-17(23-18(13)26)14-6-3-4-8-20-14/h3-6,8-10,16H,2,7,11-12H2,1H3,(H,22,23,26). The number of hydrogen-bond acceptors (Lipinski definition) is 5. The van der Waals surface area contributed by atoms with E-state index < -0.39 is 0 Å². The molecule has 1 unspecified atom stereocenters. The highest BCUT2D eigenvalue weighted by Gasteiger charge is 2.29. The van der Waals surface area contributed by atoms with Crippen LogP contribution in [0, 0.1) is 0 Å². The summed E-state index contributed by atoms with van der Waals surface area (Å²) in [5.74, 6) is 0.418. The Hall–Kier alpha value is -3.29. The molecule has 0 saturated heterocycles. The fourth-order valence-electron chi connectivity index (χ4n) is 3.40. The second-order valence-corrected chi connectivity index (χ2v) is 6.47. The Morgan fingerprint density at radius 1 is 1.30 bits per heavy atom. The lowest BCUT2D eigenvalue weighted by molar-refractivity contribution is -0.136. The Labute approximate surface area is 155 Å². The SMILES string of the molecule is CCC(C(=O)N1CCc2c(nc(-c3ccccn3)[nH]c2=O)C1)n1cccn1. The number of carbonyl (C=O) groups excluding carboxylic acids is 1. The Kier molecular flexibility index (Phi) is 4.53. The minimum Gasteiger partial charge on any atom is -0.335 e. The van der Waals surface area contributed by atoms with Crippen LogP contribution in [0.3, 0.4) is 0 Å². The van der Waals surface area contributed by atoms with Gasteiger partial charge in [-0.1, -0.05) is 13.0 Å². The summed E-state index contributed by atoms with van der Waals surface area (Å²) in [4.78, 5) is 38.9. The number of hydrogen-bond donors (Lipinski definition) is 1. The van der Waals surface area contributed by atoms with Crippen LogP contribution >= 0.6 is 0 Å². The number of aromatic amines is 1. The number of carbonyl (C=O) groups is 1. The predicted molar refractivity (Wildman–Crippen MR) is 98.8 cm³/mol. The molecule has 0 aliphatic carbocycles. The summed E-state index contributed by atoms with van der Waals surface area (Å²) in [5.41, 5.74) is 1.72. The number of fused-ring (bicyclic) bond motifs is 1. The van der Waals surface area contributed by atoms with Crippen LogP contribution in [0.2, 0.25) is 0 Å². The first-order valence-corrected chi connectivity index (χ1v) is 8.98. The molecule has 1 atom stereocenters. The summed E-state index contributed by atoms with van der Waals surface area (Å²) in [6.07, 6.45) is 6.25. The highest BCUT2D eigenvalue weighted by molar-refractivity contribution is 5.80. The van der Waals surface area contributed by atoms with E-state index in [1.165, 1.54) is 0 Å². The zero-order valence-electron chi connectivity index (χ0n) is 15.0. The second-order valence-electron chi connectivity index (χ2n) is 6.47. The quantitative estimate of drug-likeness (QED) is 0.758.